The van der Waals surface area contributed by atoms with Crippen LogP contribution in [0, 0.1) is 5.92 Å². The van der Waals surface area contributed by atoms with Crippen molar-refractivity contribution >= 4 is 17.7 Å². The van der Waals surface area contributed by atoms with E-state index in [1.165, 1.54) is 7.11 Å². The summed E-state index contributed by atoms with van der Waals surface area (Å²) in [7, 11) is 1.51. The molecule has 2 saturated heterocycles. The fourth-order valence-corrected chi connectivity index (χ4v) is 3.34. The van der Waals surface area contributed by atoms with Gasteiger partial charge >= 0.3 is 0 Å². The Balaban J connectivity index is 1.80. The number of hydrogen-bond donors (Lipinski definition) is 1. The lowest BCUT2D eigenvalue weighted by Gasteiger charge is -2.33. The van der Waals surface area contributed by atoms with Crippen LogP contribution in [0.3, 0.4) is 0 Å². The first-order valence-electron chi connectivity index (χ1n) is 8.60. The number of nitrogens with zero attached hydrogens (tertiary/aromatic N) is 2. The molecule has 7 heteroatoms. The van der Waals surface area contributed by atoms with Gasteiger partial charge in [-0.05, 0) is 33.6 Å². The third-order valence-electron chi connectivity index (χ3n) is 4.77. The Morgan fingerprint density at radius 2 is 1.88 bits per heavy atom. The van der Waals surface area contributed by atoms with E-state index in [9.17, 15) is 14.4 Å². The molecule has 7 nitrogen and oxygen atoms in total. The summed E-state index contributed by atoms with van der Waals surface area (Å²) in [4.78, 5) is 39.9. The highest BCUT2D eigenvalue weighted by molar-refractivity contribution is 5.89. The van der Waals surface area contributed by atoms with Crippen molar-refractivity contribution < 1.29 is 19.1 Å². The fourth-order valence-electron chi connectivity index (χ4n) is 3.34. The third kappa shape index (κ3) is 4.47. The molecule has 0 aromatic carbocycles. The summed E-state index contributed by atoms with van der Waals surface area (Å²) < 4.78 is 4.87. The molecule has 0 aromatic heterocycles. The van der Waals surface area contributed by atoms with E-state index in [0.717, 1.165) is 12.8 Å². The molecule has 0 radical (unpaired) electrons. The van der Waals surface area contributed by atoms with Gasteiger partial charge in [0.25, 0.3) is 0 Å². The average Bonchev–Trinajstić information content (AvgIpc) is 2.90. The molecule has 2 rings (SSSR count). The molecule has 1 N–H and O–H groups in total. The first kappa shape index (κ1) is 18.7. The van der Waals surface area contributed by atoms with E-state index in [0.29, 0.717) is 19.6 Å². The van der Waals surface area contributed by atoms with Gasteiger partial charge in [0, 0.05) is 44.7 Å². The van der Waals surface area contributed by atoms with Crippen molar-refractivity contribution in [2.45, 2.75) is 51.6 Å². The predicted octanol–water partition coefficient (Wildman–Crippen LogP) is 0.387. The number of nitrogens with one attached hydrogen (secondary N) is 1. The lowest BCUT2D eigenvalue weighted by molar-refractivity contribution is -0.136. The van der Waals surface area contributed by atoms with Gasteiger partial charge in [-0.25, -0.2) is 0 Å². The van der Waals surface area contributed by atoms with Gasteiger partial charge in [-0.3, -0.25) is 14.4 Å². The van der Waals surface area contributed by atoms with E-state index in [1.807, 2.05) is 20.8 Å². The Hall–Kier alpha value is -1.63. The number of ether oxygens (including phenoxy) is 1. The number of carbonyl (C=O) groups is 3. The van der Waals surface area contributed by atoms with Crippen LogP contribution in [0.15, 0.2) is 0 Å². The molecule has 2 heterocycles. The molecule has 2 aliphatic rings. The van der Waals surface area contributed by atoms with Crippen LogP contribution in [0.1, 0.15) is 40.0 Å². The Labute approximate surface area is 143 Å². The number of methoxy groups -OCH3 is 1. The van der Waals surface area contributed by atoms with Crippen molar-refractivity contribution in [1.82, 2.24) is 15.1 Å². The molecule has 3 amide bonds. The zero-order chi connectivity index (χ0) is 17.9. The maximum atomic E-state index is 12.5. The smallest absolute Gasteiger partial charge is 0.248 e. The number of rotatable bonds is 4. The summed E-state index contributed by atoms with van der Waals surface area (Å²) in [5, 5.41) is 3.06. The fraction of sp³-hybridized carbons (Fsp3) is 0.824. The Kier molecular flexibility index (Phi) is 5.85. The van der Waals surface area contributed by atoms with Crippen molar-refractivity contribution in [3.05, 3.63) is 0 Å². The van der Waals surface area contributed by atoms with Gasteiger partial charge in [0.2, 0.25) is 17.7 Å². The molecule has 1 atom stereocenters. The first-order chi connectivity index (χ1) is 11.2. The van der Waals surface area contributed by atoms with Gasteiger partial charge in [0.05, 0.1) is 5.92 Å². The Morgan fingerprint density at radius 3 is 2.38 bits per heavy atom. The third-order valence-corrected chi connectivity index (χ3v) is 4.77. The molecule has 0 spiro atoms. The zero-order valence-corrected chi connectivity index (χ0v) is 15.1. The minimum absolute atomic E-state index is 0.00974. The summed E-state index contributed by atoms with van der Waals surface area (Å²) in [5.74, 6) is -0.284. The molecule has 2 aliphatic heterocycles. The normalized spacial score (nSPS) is 22.8. The van der Waals surface area contributed by atoms with E-state index >= 15 is 0 Å². The minimum Gasteiger partial charge on any atom is -0.375 e. The predicted molar refractivity (Wildman–Crippen MR) is 89.2 cm³/mol. The number of likely N-dealkylation sites (tertiary alicyclic amines) is 2. The van der Waals surface area contributed by atoms with Crippen molar-refractivity contribution in [1.29, 1.82) is 0 Å². The van der Waals surface area contributed by atoms with Crippen LogP contribution in [-0.4, -0.2) is 72.5 Å². The van der Waals surface area contributed by atoms with E-state index in [2.05, 4.69) is 5.32 Å². The molecule has 24 heavy (non-hydrogen) atoms. The lowest BCUT2D eigenvalue weighted by atomic mass is 10.0. The lowest BCUT2D eigenvalue weighted by Crippen LogP contribution is -2.49. The standard InChI is InChI=1S/C17H29N3O4/c1-17(2,3)20-10-12(9-14(20)21)16(23)18-13-5-7-19(8-6-13)15(22)11-24-4/h12-13H,5-11H2,1-4H3,(H,18,23). The summed E-state index contributed by atoms with van der Waals surface area (Å²) in [6, 6.07) is 0.0721. The number of hydrogen-bond acceptors (Lipinski definition) is 4. The van der Waals surface area contributed by atoms with Crippen molar-refractivity contribution in [3.63, 3.8) is 0 Å². The van der Waals surface area contributed by atoms with E-state index in [4.69, 9.17) is 4.74 Å². The zero-order valence-electron chi connectivity index (χ0n) is 15.1. The van der Waals surface area contributed by atoms with Crippen LogP contribution in [0.4, 0.5) is 0 Å². The second-order valence-corrected chi connectivity index (χ2v) is 7.67. The number of piperidine rings is 1. The molecule has 0 saturated carbocycles. The van der Waals surface area contributed by atoms with Gasteiger partial charge in [0.15, 0.2) is 0 Å². The van der Waals surface area contributed by atoms with Crippen LogP contribution >= 0.6 is 0 Å². The molecular formula is C17H29N3O4. The maximum Gasteiger partial charge on any atom is 0.248 e. The topological polar surface area (TPSA) is 79.0 Å². The number of amides is 3. The quantitative estimate of drug-likeness (QED) is 0.803. The van der Waals surface area contributed by atoms with Gasteiger partial charge in [0.1, 0.15) is 6.61 Å². The molecule has 1 unspecified atom stereocenters. The van der Waals surface area contributed by atoms with Gasteiger partial charge in [-0.15, -0.1) is 0 Å². The van der Waals surface area contributed by atoms with Crippen molar-refractivity contribution in [2.75, 3.05) is 33.4 Å². The molecule has 136 valence electrons. The highest BCUT2D eigenvalue weighted by Gasteiger charge is 2.40. The molecule has 0 bridgehead atoms. The number of carbonyl (C=O) groups excluding carboxylic acids is 3. The SMILES string of the molecule is COCC(=O)N1CCC(NC(=O)C2CC(=O)N(C(C)(C)C)C2)CC1. The van der Waals surface area contributed by atoms with Crippen LogP contribution in [0.2, 0.25) is 0 Å². The largest absolute Gasteiger partial charge is 0.375 e. The summed E-state index contributed by atoms with van der Waals surface area (Å²) in [6.45, 7) is 7.80. The highest BCUT2D eigenvalue weighted by Crippen LogP contribution is 2.26. The Morgan fingerprint density at radius 1 is 1.25 bits per heavy atom. The molecule has 0 aromatic rings. The van der Waals surface area contributed by atoms with Crippen LogP contribution in [0.5, 0.6) is 0 Å². The maximum absolute atomic E-state index is 12.5. The van der Waals surface area contributed by atoms with Crippen LogP contribution in [0.25, 0.3) is 0 Å². The molecule has 2 fully saturated rings. The molecule has 0 aliphatic carbocycles. The minimum atomic E-state index is -0.273. The van der Waals surface area contributed by atoms with Crippen LogP contribution in [-0.2, 0) is 19.1 Å². The average molecular weight is 339 g/mol. The summed E-state index contributed by atoms with van der Waals surface area (Å²) in [6.07, 6.45) is 1.77. The van der Waals surface area contributed by atoms with Crippen molar-refractivity contribution in [3.8, 4) is 0 Å². The van der Waals surface area contributed by atoms with Gasteiger partial charge < -0.3 is 19.9 Å². The second kappa shape index (κ2) is 7.51. The van der Waals surface area contributed by atoms with Gasteiger partial charge in [-0.2, -0.15) is 0 Å². The van der Waals surface area contributed by atoms with E-state index in [-0.39, 0.29) is 48.2 Å². The monoisotopic (exact) mass is 339 g/mol. The summed E-state index contributed by atoms with van der Waals surface area (Å²) in [5.41, 5.74) is -0.251. The van der Waals surface area contributed by atoms with Crippen LogP contribution < -0.4 is 5.32 Å². The Bertz CT molecular complexity index is 493. The second-order valence-electron chi connectivity index (χ2n) is 7.67. The van der Waals surface area contributed by atoms with E-state index in [1.54, 1.807) is 9.80 Å². The van der Waals surface area contributed by atoms with Crippen molar-refractivity contribution in [2.24, 2.45) is 5.92 Å². The highest BCUT2D eigenvalue weighted by atomic mass is 16.5. The summed E-state index contributed by atoms with van der Waals surface area (Å²) >= 11 is 0. The molecular weight excluding hydrogens is 310 g/mol. The van der Waals surface area contributed by atoms with Gasteiger partial charge in [-0.1, -0.05) is 0 Å². The van der Waals surface area contributed by atoms with E-state index < -0.39 is 0 Å². The first-order valence-corrected chi connectivity index (χ1v) is 8.60.